The Bertz CT molecular complexity index is 510. The number of amides is 2. The molecule has 1 aromatic rings. The Morgan fingerprint density at radius 3 is 2.50 bits per heavy atom. The van der Waals surface area contributed by atoms with Crippen LogP contribution in [0.3, 0.4) is 0 Å². The molecule has 0 radical (unpaired) electrons. The Morgan fingerprint density at radius 1 is 1.35 bits per heavy atom. The van der Waals surface area contributed by atoms with Crippen molar-refractivity contribution in [2.75, 3.05) is 18.5 Å². The smallest absolute Gasteiger partial charge is 0.349 e. The van der Waals surface area contributed by atoms with E-state index in [9.17, 15) is 4.79 Å². The second kappa shape index (κ2) is 6.27. The fraction of sp³-hybridized carbons (Fsp3) is 0.467. The Morgan fingerprint density at radius 2 is 2.00 bits per heavy atom. The van der Waals surface area contributed by atoms with Crippen LogP contribution in [-0.4, -0.2) is 36.4 Å². The third-order valence-electron chi connectivity index (χ3n) is 3.39. The lowest BCUT2D eigenvalue weighted by molar-refractivity contribution is 0.252. The molecule has 1 aliphatic rings. The minimum Gasteiger partial charge on any atom is -0.363 e. The van der Waals surface area contributed by atoms with Crippen molar-refractivity contribution in [1.82, 2.24) is 4.90 Å². The molecule has 2 amide bonds. The molecule has 1 fully saturated rings. The largest absolute Gasteiger partial charge is 0.363 e. The van der Waals surface area contributed by atoms with Crippen molar-refractivity contribution in [2.24, 2.45) is 4.99 Å². The van der Waals surface area contributed by atoms with E-state index < -0.39 is 0 Å². The Balaban J connectivity index is 2.24. The van der Waals surface area contributed by atoms with Crippen LogP contribution in [0.25, 0.3) is 0 Å². The number of likely N-dealkylation sites (tertiary alicyclic amines) is 1. The number of anilines is 1. The molecule has 0 saturated carbocycles. The van der Waals surface area contributed by atoms with Gasteiger partial charge in [0, 0.05) is 36.8 Å². The third-order valence-corrected chi connectivity index (χ3v) is 3.64. The maximum Gasteiger partial charge on any atom is 0.349 e. The van der Waals surface area contributed by atoms with Crippen molar-refractivity contribution in [3.05, 3.63) is 29.3 Å². The zero-order valence-corrected chi connectivity index (χ0v) is 12.9. The zero-order valence-electron chi connectivity index (χ0n) is 12.1. The fourth-order valence-electron chi connectivity index (χ4n) is 2.33. The number of urea groups is 1. The van der Waals surface area contributed by atoms with Crippen LogP contribution < -0.4 is 4.90 Å². The normalized spacial score (nSPS) is 17.1. The predicted octanol–water partition coefficient (Wildman–Crippen LogP) is 3.80. The Labute approximate surface area is 125 Å². The molecule has 0 aromatic heterocycles. The van der Waals surface area contributed by atoms with E-state index in [0.717, 1.165) is 30.9 Å². The number of hydrogen-bond donors (Lipinski definition) is 0. The van der Waals surface area contributed by atoms with Gasteiger partial charge in [0.05, 0.1) is 0 Å². The average molecular weight is 294 g/mol. The van der Waals surface area contributed by atoms with E-state index in [2.05, 4.69) is 4.99 Å². The van der Waals surface area contributed by atoms with Gasteiger partial charge in [-0.05, 0) is 44.5 Å². The maximum absolute atomic E-state index is 12.5. The van der Waals surface area contributed by atoms with Crippen LogP contribution >= 0.6 is 11.6 Å². The molecular formula is C15H20ClN3O. The monoisotopic (exact) mass is 293 g/mol. The van der Waals surface area contributed by atoms with Gasteiger partial charge in [0.2, 0.25) is 0 Å². The summed E-state index contributed by atoms with van der Waals surface area (Å²) in [6.07, 6.45) is 1.93. The number of nitrogens with zero attached hydrogens (tertiary/aromatic N) is 3. The minimum atomic E-state index is -0.217. The SMILES string of the molecule is CC(C)N(C(=O)N=C1CCCN1C)c1ccc(Cl)cc1. The molecule has 1 saturated heterocycles. The topological polar surface area (TPSA) is 35.9 Å². The summed E-state index contributed by atoms with van der Waals surface area (Å²) >= 11 is 5.89. The zero-order chi connectivity index (χ0) is 14.7. The first kappa shape index (κ1) is 14.9. The lowest BCUT2D eigenvalue weighted by Crippen LogP contribution is -2.36. The third kappa shape index (κ3) is 3.31. The van der Waals surface area contributed by atoms with E-state index in [1.165, 1.54) is 0 Å². The molecular weight excluding hydrogens is 274 g/mol. The summed E-state index contributed by atoms with van der Waals surface area (Å²) in [6, 6.07) is 7.09. The van der Waals surface area contributed by atoms with Crippen molar-refractivity contribution >= 4 is 29.2 Å². The lowest BCUT2D eigenvalue weighted by Gasteiger charge is -2.25. The second-order valence-corrected chi connectivity index (χ2v) is 5.71. The van der Waals surface area contributed by atoms with Crippen LogP contribution in [0.5, 0.6) is 0 Å². The van der Waals surface area contributed by atoms with E-state index in [-0.39, 0.29) is 12.1 Å². The van der Waals surface area contributed by atoms with E-state index in [1.807, 2.05) is 37.9 Å². The number of amidine groups is 1. The van der Waals surface area contributed by atoms with Crippen LogP contribution in [0.4, 0.5) is 10.5 Å². The van der Waals surface area contributed by atoms with Crippen molar-refractivity contribution < 1.29 is 4.79 Å². The van der Waals surface area contributed by atoms with Crippen molar-refractivity contribution in [3.63, 3.8) is 0 Å². The van der Waals surface area contributed by atoms with Gasteiger partial charge in [0.15, 0.2) is 0 Å². The highest BCUT2D eigenvalue weighted by atomic mass is 35.5. The maximum atomic E-state index is 12.5. The number of carbonyl (C=O) groups excluding carboxylic acids is 1. The number of benzene rings is 1. The molecule has 0 atom stereocenters. The average Bonchev–Trinajstić information content (AvgIpc) is 2.77. The molecule has 0 bridgehead atoms. The van der Waals surface area contributed by atoms with Gasteiger partial charge in [-0.3, -0.25) is 4.90 Å². The Hall–Kier alpha value is -1.55. The molecule has 20 heavy (non-hydrogen) atoms. The van der Waals surface area contributed by atoms with E-state index in [0.29, 0.717) is 5.02 Å². The van der Waals surface area contributed by atoms with E-state index in [4.69, 9.17) is 11.6 Å². The number of hydrogen-bond acceptors (Lipinski definition) is 1. The quantitative estimate of drug-likeness (QED) is 0.831. The van der Waals surface area contributed by atoms with Gasteiger partial charge < -0.3 is 4.90 Å². The molecule has 5 heteroatoms. The summed E-state index contributed by atoms with van der Waals surface area (Å²) < 4.78 is 0. The summed E-state index contributed by atoms with van der Waals surface area (Å²) in [7, 11) is 1.97. The molecule has 0 unspecified atom stereocenters. The van der Waals surface area contributed by atoms with Crippen LogP contribution in [0.1, 0.15) is 26.7 Å². The van der Waals surface area contributed by atoms with Crippen LogP contribution in [-0.2, 0) is 0 Å². The number of aliphatic imine (C=N–C) groups is 1. The molecule has 4 nitrogen and oxygen atoms in total. The van der Waals surface area contributed by atoms with Crippen LogP contribution in [0.2, 0.25) is 5.02 Å². The highest BCUT2D eigenvalue weighted by molar-refractivity contribution is 6.30. The highest BCUT2D eigenvalue weighted by Gasteiger charge is 2.22. The molecule has 0 spiro atoms. The molecule has 1 heterocycles. The summed E-state index contributed by atoms with van der Waals surface area (Å²) in [4.78, 5) is 20.5. The van der Waals surface area contributed by atoms with Gasteiger partial charge in [-0.2, -0.15) is 4.99 Å². The van der Waals surface area contributed by atoms with Crippen molar-refractivity contribution in [3.8, 4) is 0 Å². The summed E-state index contributed by atoms with van der Waals surface area (Å²) in [5.41, 5.74) is 0.819. The first-order valence-corrected chi connectivity index (χ1v) is 7.24. The first-order valence-electron chi connectivity index (χ1n) is 6.86. The van der Waals surface area contributed by atoms with E-state index >= 15 is 0 Å². The van der Waals surface area contributed by atoms with Gasteiger partial charge >= 0.3 is 6.03 Å². The molecule has 1 aromatic carbocycles. The van der Waals surface area contributed by atoms with Gasteiger partial charge in [0.1, 0.15) is 5.84 Å². The summed E-state index contributed by atoms with van der Waals surface area (Å²) in [5, 5.41) is 0.659. The van der Waals surface area contributed by atoms with Crippen LogP contribution in [0, 0.1) is 0 Å². The standard InChI is InChI=1S/C15H20ClN3O/c1-11(2)19(13-8-6-12(16)7-9-13)15(20)17-14-5-4-10-18(14)3/h6-9,11H,4-5,10H2,1-3H3. The molecule has 108 valence electrons. The molecule has 1 aliphatic heterocycles. The number of carbonyl (C=O) groups is 1. The van der Waals surface area contributed by atoms with Gasteiger partial charge in [-0.25, -0.2) is 4.79 Å². The lowest BCUT2D eigenvalue weighted by atomic mass is 10.2. The van der Waals surface area contributed by atoms with Gasteiger partial charge in [-0.15, -0.1) is 0 Å². The van der Waals surface area contributed by atoms with E-state index in [1.54, 1.807) is 17.0 Å². The Kier molecular flexibility index (Phi) is 4.65. The second-order valence-electron chi connectivity index (χ2n) is 5.28. The van der Waals surface area contributed by atoms with Gasteiger partial charge in [0.25, 0.3) is 0 Å². The molecule has 0 N–H and O–H groups in total. The predicted molar refractivity (Wildman–Crippen MR) is 83.8 cm³/mol. The fourth-order valence-corrected chi connectivity index (χ4v) is 2.46. The first-order chi connectivity index (χ1) is 9.49. The molecule has 0 aliphatic carbocycles. The van der Waals surface area contributed by atoms with Gasteiger partial charge in [-0.1, -0.05) is 11.6 Å². The van der Waals surface area contributed by atoms with Crippen LogP contribution in [0.15, 0.2) is 29.3 Å². The summed E-state index contributed by atoms with van der Waals surface area (Å²) in [6.45, 7) is 4.92. The minimum absolute atomic E-state index is 0.0414. The van der Waals surface area contributed by atoms with Crippen molar-refractivity contribution in [1.29, 1.82) is 0 Å². The molecule has 2 rings (SSSR count). The highest BCUT2D eigenvalue weighted by Crippen LogP contribution is 2.21. The summed E-state index contributed by atoms with van der Waals surface area (Å²) in [5.74, 6) is 0.870. The number of halogens is 1. The number of rotatable bonds is 2. The van der Waals surface area contributed by atoms with Crippen molar-refractivity contribution in [2.45, 2.75) is 32.7 Å².